The highest BCUT2D eigenvalue weighted by atomic mass is 19.3. The molecule has 1 aliphatic heterocycles. The van der Waals surface area contributed by atoms with Gasteiger partial charge in [-0.3, -0.25) is 9.59 Å². The zero-order valence-electron chi connectivity index (χ0n) is 16.8. The Morgan fingerprint density at radius 3 is 2.68 bits per heavy atom. The highest BCUT2D eigenvalue weighted by Gasteiger charge is 2.59. The summed E-state index contributed by atoms with van der Waals surface area (Å²) < 4.78 is 34.6. The molecule has 0 aromatic heterocycles. The number of hydrogen-bond acceptors (Lipinski definition) is 4. The first-order chi connectivity index (χ1) is 13.1. The summed E-state index contributed by atoms with van der Waals surface area (Å²) in [6.07, 6.45) is 5.31. The third kappa shape index (κ3) is 5.31. The molecular weight excluding hydrogens is 370 g/mol. The van der Waals surface area contributed by atoms with Crippen molar-refractivity contribution in [2.75, 3.05) is 0 Å². The molecule has 0 bridgehead atoms. The van der Waals surface area contributed by atoms with Crippen molar-refractivity contribution in [1.29, 1.82) is 0 Å². The molecule has 2 aliphatic rings. The van der Waals surface area contributed by atoms with Crippen LogP contribution < -0.4 is 0 Å². The Morgan fingerprint density at radius 1 is 1.36 bits per heavy atom. The number of halogens is 2. The smallest absolute Gasteiger partial charge is 0.311 e. The van der Waals surface area contributed by atoms with E-state index in [1.807, 2.05) is 6.92 Å². The number of alkyl halides is 2. The van der Waals surface area contributed by atoms with Gasteiger partial charge < -0.3 is 14.9 Å². The minimum absolute atomic E-state index is 0.125. The molecule has 0 saturated carbocycles. The lowest BCUT2D eigenvalue weighted by Crippen LogP contribution is -2.53. The summed E-state index contributed by atoms with van der Waals surface area (Å²) in [5, 5.41) is 19.1. The number of ether oxygens (including phenoxy) is 1. The Bertz CT molecular complexity index is 604. The van der Waals surface area contributed by atoms with Gasteiger partial charge in [-0.1, -0.05) is 39.5 Å². The number of carboxylic acid groups (broad SMARTS) is 1. The summed E-state index contributed by atoms with van der Waals surface area (Å²) in [6, 6.07) is 0. The molecule has 0 radical (unpaired) electrons. The van der Waals surface area contributed by atoms with Crippen molar-refractivity contribution in [1.82, 2.24) is 0 Å². The molecule has 4 atom stereocenters. The van der Waals surface area contributed by atoms with E-state index in [0.29, 0.717) is 25.7 Å². The SMILES string of the molecule is CC[C@H](C)CC(F)(F)[C@@]1(O)CCC2C(=CC(=O)[C@@H]2CCCCCCC(=O)O)O1. The molecule has 1 fully saturated rings. The van der Waals surface area contributed by atoms with Crippen LogP contribution in [-0.4, -0.2) is 33.7 Å². The molecule has 1 unspecified atom stereocenters. The molecule has 1 saturated heterocycles. The van der Waals surface area contributed by atoms with E-state index in [4.69, 9.17) is 9.84 Å². The maximum Gasteiger partial charge on any atom is 0.311 e. The third-order valence-corrected chi connectivity index (χ3v) is 6.11. The second kappa shape index (κ2) is 9.33. The lowest BCUT2D eigenvalue weighted by Gasteiger charge is -2.42. The molecule has 7 heteroatoms. The molecule has 28 heavy (non-hydrogen) atoms. The predicted molar refractivity (Wildman–Crippen MR) is 99.7 cm³/mol. The highest BCUT2D eigenvalue weighted by Crippen LogP contribution is 2.50. The van der Waals surface area contributed by atoms with Crippen LogP contribution in [0, 0.1) is 17.8 Å². The average molecular weight is 402 g/mol. The minimum atomic E-state index is -3.38. The van der Waals surface area contributed by atoms with E-state index >= 15 is 0 Å². The van der Waals surface area contributed by atoms with E-state index in [9.17, 15) is 23.5 Å². The van der Waals surface area contributed by atoms with Crippen molar-refractivity contribution < 1.29 is 33.3 Å². The van der Waals surface area contributed by atoms with E-state index in [0.717, 1.165) is 19.3 Å². The van der Waals surface area contributed by atoms with Gasteiger partial charge >= 0.3 is 11.9 Å². The maximum absolute atomic E-state index is 14.6. The van der Waals surface area contributed by atoms with E-state index in [1.165, 1.54) is 6.08 Å². The monoisotopic (exact) mass is 402 g/mol. The molecule has 1 heterocycles. The van der Waals surface area contributed by atoms with Gasteiger partial charge in [-0.15, -0.1) is 0 Å². The summed E-state index contributed by atoms with van der Waals surface area (Å²) in [5.74, 6) is -7.44. The summed E-state index contributed by atoms with van der Waals surface area (Å²) in [4.78, 5) is 22.8. The van der Waals surface area contributed by atoms with Gasteiger partial charge in [-0.2, -0.15) is 8.78 Å². The van der Waals surface area contributed by atoms with Gasteiger partial charge in [0.25, 0.3) is 5.79 Å². The molecule has 0 aromatic rings. The van der Waals surface area contributed by atoms with Crippen LogP contribution in [0.4, 0.5) is 8.78 Å². The number of hydrogen-bond donors (Lipinski definition) is 2. The van der Waals surface area contributed by atoms with Crippen LogP contribution in [0.2, 0.25) is 0 Å². The quantitative estimate of drug-likeness (QED) is 0.490. The summed E-state index contributed by atoms with van der Waals surface area (Å²) >= 11 is 0. The van der Waals surface area contributed by atoms with Gasteiger partial charge in [0, 0.05) is 37.2 Å². The van der Waals surface area contributed by atoms with Gasteiger partial charge in [-0.25, -0.2) is 0 Å². The molecule has 2 N–H and O–H groups in total. The van der Waals surface area contributed by atoms with Crippen molar-refractivity contribution >= 4 is 11.8 Å². The minimum Gasteiger partial charge on any atom is -0.481 e. The lowest BCUT2D eigenvalue weighted by atomic mass is 9.81. The van der Waals surface area contributed by atoms with E-state index in [1.54, 1.807) is 6.92 Å². The number of allylic oxidation sites excluding steroid dienone is 2. The largest absolute Gasteiger partial charge is 0.481 e. The topological polar surface area (TPSA) is 83.8 Å². The second-order valence-electron chi connectivity index (χ2n) is 8.36. The maximum atomic E-state index is 14.6. The molecule has 160 valence electrons. The normalized spacial score (nSPS) is 28.5. The number of carbonyl (C=O) groups excluding carboxylic acids is 1. The van der Waals surface area contributed by atoms with Crippen LogP contribution in [0.5, 0.6) is 0 Å². The first-order valence-corrected chi connectivity index (χ1v) is 10.4. The van der Waals surface area contributed by atoms with Gasteiger partial charge in [0.2, 0.25) is 0 Å². The van der Waals surface area contributed by atoms with E-state index in [-0.39, 0.29) is 42.1 Å². The number of rotatable bonds is 11. The number of aliphatic hydroxyl groups is 1. The Kier molecular flexibility index (Phi) is 7.59. The molecule has 2 rings (SSSR count). The number of carbonyl (C=O) groups is 2. The van der Waals surface area contributed by atoms with Crippen LogP contribution in [0.15, 0.2) is 11.8 Å². The van der Waals surface area contributed by atoms with Crippen LogP contribution in [0.1, 0.15) is 78.1 Å². The molecule has 5 nitrogen and oxygen atoms in total. The number of ketones is 1. The van der Waals surface area contributed by atoms with E-state index in [2.05, 4.69) is 0 Å². The molecular formula is C21H32F2O5. The van der Waals surface area contributed by atoms with Gasteiger partial charge in [-0.05, 0) is 25.2 Å². The van der Waals surface area contributed by atoms with Crippen molar-refractivity contribution in [3.63, 3.8) is 0 Å². The predicted octanol–water partition coefficient (Wildman–Crippen LogP) is 4.68. The van der Waals surface area contributed by atoms with Crippen molar-refractivity contribution in [3.05, 3.63) is 11.8 Å². The third-order valence-electron chi connectivity index (χ3n) is 6.11. The number of carboxylic acids is 1. The summed E-state index contributed by atoms with van der Waals surface area (Å²) in [5.41, 5.74) is 0. The standard InChI is InChI=1S/C21H32F2O5/c1-3-14(2)13-20(22,23)21(27)11-10-16-15(17(24)12-18(16)28-21)8-6-4-5-7-9-19(25)26/h12,14-16,27H,3-11,13H2,1-2H3,(H,25,26)/t14-,15+,16?,21+/m0/s1. The van der Waals surface area contributed by atoms with Crippen LogP contribution in [-0.2, 0) is 14.3 Å². The molecule has 0 aromatic carbocycles. The zero-order valence-corrected chi connectivity index (χ0v) is 16.8. The summed E-state index contributed by atoms with van der Waals surface area (Å²) in [7, 11) is 0. The zero-order chi connectivity index (χ0) is 20.9. The first-order valence-electron chi connectivity index (χ1n) is 10.4. The Labute approximate surface area is 165 Å². The van der Waals surface area contributed by atoms with Gasteiger partial charge in [0.15, 0.2) is 5.78 Å². The molecule has 1 aliphatic carbocycles. The fraction of sp³-hybridized carbons (Fsp3) is 0.810. The fourth-order valence-corrected chi connectivity index (χ4v) is 4.13. The lowest BCUT2D eigenvalue weighted by molar-refractivity contribution is -0.324. The van der Waals surface area contributed by atoms with Crippen molar-refractivity contribution in [2.45, 2.75) is 89.8 Å². The van der Waals surface area contributed by atoms with Crippen LogP contribution in [0.3, 0.4) is 0 Å². The van der Waals surface area contributed by atoms with Crippen LogP contribution in [0.25, 0.3) is 0 Å². The molecule has 0 amide bonds. The molecule has 0 spiro atoms. The van der Waals surface area contributed by atoms with Crippen molar-refractivity contribution in [2.24, 2.45) is 17.8 Å². The number of fused-ring (bicyclic) bond motifs is 1. The van der Waals surface area contributed by atoms with Gasteiger partial charge in [0.1, 0.15) is 5.76 Å². The second-order valence-corrected chi connectivity index (χ2v) is 8.36. The number of unbranched alkanes of at least 4 members (excludes halogenated alkanes) is 3. The number of aliphatic carboxylic acids is 1. The Balaban J connectivity index is 1.89. The van der Waals surface area contributed by atoms with E-state index < -0.39 is 24.1 Å². The van der Waals surface area contributed by atoms with Gasteiger partial charge in [0.05, 0.1) is 0 Å². The Hall–Kier alpha value is -1.50. The van der Waals surface area contributed by atoms with Crippen LogP contribution >= 0.6 is 0 Å². The highest BCUT2D eigenvalue weighted by molar-refractivity contribution is 5.95. The first kappa shape index (κ1) is 22.8. The Morgan fingerprint density at radius 2 is 2.04 bits per heavy atom. The fourth-order valence-electron chi connectivity index (χ4n) is 4.13. The summed E-state index contributed by atoms with van der Waals surface area (Å²) in [6.45, 7) is 3.54. The van der Waals surface area contributed by atoms with Crippen molar-refractivity contribution in [3.8, 4) is 0 Å². The average Bonchev–Trinajstić information content (AvgIpc) is 2.91.